The Morgan fingerprint density at radius 2 is 2.25 bits per heavy atom. The Morgan fingerprint density at radius 3 is 2.88 bits per heavy atom. The fraction of sp³-hybridized carbons (Fsp3) is 0.583. The van der Waals surface area contributed by atoms with E-state index in [9.17, 15) is 0 Å². The van der Waals surface area contributed by atoms with Gasteiger partial charge in [-0.05, 0) is 32.0 Å². The first-order chi connectivity index (χ1) is 7.72. The molecule has 0 aromatic carbocycles. The summed E-state index contributed by atoms with van der Waals surface area (Å²) in [6, 6.07) is 4.26. The first-order valence-electron chi connectivity index (χ1n) is 5.77. The van der Waals surface area contributed by atoms with Crippen LogP contribution in [0.1, 0.15) is 26.0 Å². The van der Waals surface area contributed by atoms with Crippen LogP contribution in [0.2, 0.25) is 5.02 Å². The highest BCUT2D eigenvalue weighted by atomic mass is 35.5. The molecule has 0 spiro atoms. The highest BCUT2D eigenvalue weighted by molar-refractivity contribution is 6.30. The molecule has 1 atom stereocenters. The van der Waals surface area contributed by atoms with Gasteiger partial charge in [-0.3, -0.25) is 4.98 Å². The van der Waals surface area contributed by atoms with Crippen molar-refractivity contribution in [3.05, 3.63) is 29.0 Å². The lowest BCUT2D eigenvalue weighted by Crippen LogP contribution is -2.36. The van der Waals surface area contributed by atoms with Crippen LogP contribution in [0.25, 0.3) is 0 Å². The molecule has 0 radical (unpaired) electrons. The number of pyridine rings is 1. The normalized spacial score (nSPS) is 12.7. The van der Waals surface area contributed by atoms with E-state index in [2.05, 4.69) is 29.5 Å². The topological polar surface area (TPSA) is 37.0 Å². The third-order valence-electron chi connectivity index (χ3n) is 2.30. The highest BCUT2D eigenvalue weighted by Crippen LogP contribution is 2.05. The molecule has 1 rings (SSSR count). The molecular weight excluding hydrogens is 222 g/mol. The zero-order valence-corrected chi connectivity index (χ0v) is 10.7. The Kier molecular flexibility index (Phi) is 6.38. The second-order valence-electron chi connectivity index (χ2n) is 3.95. The zero-order valence-electron chi connectivity index (χ0n) is 9.96. The van der Waals surface area contributed by atoms with E-state index in [0.29, 0.717) is 11.1 Å². The van der Waals surface area contributed by atoms with Gasteiger partial charge in [0.1, 0.15) is 0 Å². The number of hydrogen-bond acceptors (Lipinski definition) is 3. The van der Waals surface area contributed by atoms with E-state index in [1.54, 1.807) is 6.20 Å². The molecule has 0 aliphatic carbocycles. The van der Waals surface area contributed by atoms with E-state index in [0.717, 1.165) is 25.3 Å². The minimum absolute atomic E-state index is 0.448. The molecule has 0 fully saturated rings. The van der Waals surface area contributed by atoms with Crippen molar-refractivity contribution < 1.29 is 0 Å². The molecule has 3 nitrogen and oxygen atoms in total. The SMILES string of the molecule is CCCNCC(C)NCc1ccc(Cl)cn1. The molecule has 0 aliphatic heterocycles. The first-order valence-corrected chi connectivity index (χ1v) is 6.14. The summed E-state index contributed by atoms with van der Waals surface area (Å²) in [4.78, 5) is 4.23. The van der Waals surface area contributed by atoms with Gasteiger partial charge in [-0.1, -0.05) is 18.5 Å². The van der Waals surface area contributed by atoms with Gasteiger partial charge < -0.3 is 10.6 Å². The van der Waals surface area contributed by atoms with Crippen molar-refractivity contribution in [1.29, 1.82) is 0 Å². The summed E-state index contributed by atoms with van der Waals surface area (Å²) in [5, 5.41) is 7.47. The molecular formula is C12H20ClN3. The first kappa shape index (κ1) is 13.4. The second-order valence-corrected chi connectivity index (χ2v) is 4.39. The summed E-state index contributed by atoms with van der Waals surface area (Å²) in [5.41, 5.74) is 1.02. The number of hydrogen-bond donors (Lipinski definition) is 2. The Hall–Kier alpha value is -0.640. The fourth-order valence-electron chi connectivity index (χ4n) is 1.36. The summed E-state index contributed by atoms with van der Waals surface area (Å²) in [6.07, 6.45) is 2.85. The summed E-state index contributed by atoms with van der Waals surface area (Å²) < 4.78 is 0. The molecule has 0 bridgehead atoms. The lowest BCUT2D eigenvalue weighted by Gasteiger charge is -2.14. The second kappa shape index (κ2) is 7.60. The third kappa shape index (κ3) is 5.45. The van der Waals surface area contributed by atoms with Crippen molar-refractivity contribution in [2.24, 2.45) is 0 Å². The van der Waals surface area contributed by atoms with Crippen molar-refractivity contribution in [1.82, 2.24) is 15.6 Å². The van der Waals surface area contributed by atoms with E-state index >= 15 is 0 Å². The molecule has 2 N–H and O–H groups in total. The molecule has 1 aromatic heterocycles. The van der Waals surface area contributed by atoms with E-state index in [-0.39, 0.29) is 0 Å². The van der Waals surface area contributed by atoms with Gasteiger partial charge in [0.05, 0.1) is 10.7 Å². The summed E-state index contributed by atoms with van der Waals surface area (Å²) >= 11 is 5.77. The molecule has 16 heavy (non-hydrogen) atoms. The Bertz CT molecular complexity index is 287. The number of rotatable bonds is 7. The standard InChI is InChI=1S/C12H20ClN3/c1-3-6-14-7-10(2)15-9-12-5-4-11(13)8-16-12/h4-5,8,10,14-15H,3,6-7,9H2,1-2H3. The Labute approximate surface area is 103 Å². The summed E-state index contributed by atoms with van der Waals surface area (Å²) in [6.45, 7) is 7.18. The van der Waals surface area contributed by atoms with Crippen molar-refractivity contribution in [2.45, 2.75) is 32.9 Å². The van der Waals surface area contributed by atoms with E-state index in [1.165, 1.54) is 6.42 Å². The van der Waals surface area contributed by atoms with Gasteiger partial charge in [-0.25, -0.2) is 0 Å². The van der Waals surface area contributed by atoms with Crippen molar-refractivity contribution >= 4 is 11.6 Å². The largest absolute Gasteiger partial charge is 0.315 e. The summed E-state index contributed by atoms with van der Waals surface area (Å²) in [7, 11) is 0. The van der Waals surface area contributed by atoms with Crippen LogP contribution in [0, 0.1) is 0 Å². The van der Waals surface area contributed by atoms with Crippen LogP contribution in [0.3, 0.4) is 0 Å². The van der Waals surface area contributed by atoms with Crippen LogP contribution >= 0.6 is 11.6 Å². The van der Waals surface area contributed by atoms with E-state index < -0.39 is 0 Å². The van der Waals surface area contributed by atoms with Gasteiger partial charge in [0.25, 0.3) is 0 Å². The Morgan fingerprint density at radius 1 is 1.44 bits per heavy atom. The maximum Gasteiger partial charge on any atom is 0.0589 e. The molecule has 1 heterocycles. The van der Waals surface area contributed by atoms with Crippen LogP contribution in [-0.2, 0) is 6.54 Å². The van der Waals surface area contributed by atoms with Crippen molar-refractivity contribution in [2.75, 3.05) is 13.1 Å². The lowest BCUT2D eigenvalue weighted by atomic mass is 10.3. The smallest absolute Gasteiger partial charge is 0.0589 e. The zero-order chi connectivity index (χ0) is 11.8. The van der Waals surface area contributed by atoms with Gasteiger partial charge in [0.15, 0.2) is 0 Å². The van der Waals surface area contributed by atoms with Crippen LogP contribution < -0.4 is 10.6 Å². The van der Waals surface area contributed by atoms with Crippen LogP contribution in [0.5, 0.6) is 0 Å². The maximum atomic E-state index is 5.77. The van der Waals surface area contributed by atoms with Crippen LogP contribution in [0.4, 0.5) is 0 Å². The minimum Gasteiger partial charge on any atom is -0.315 e. The van der Waals surface area contributed by atoms with Crippen LogP contribution in [-0.4, -0.2) is 24.1 Å². The minimum atomic E-state index is 0.448. The number of nitrogens with one attached hydrogen (secondary N) is 2. The van der Waals surface area contributed by atoms with E-state index in [1.807, 2.05) is 12.1 Å². The molecule has 1 aromatic rings. The van der Waals surface area contributed by atoms with Gasteiger partial charge >= 0.3 is 0 Å². The third-order valence-corrected chi connectivity index (χ3v) is 2.52. The Balaban J connectivity index is 2.20. The van der Waals surface area contributed by atoms with Gasteiger partial charge in [-0.15, -0.1) is 0 Å². The highest BCUT2D eigenvalue weighted by Gasteiger charge is 2.01. The predicted octanol–water partition coefficient (Wildman–Crippen LogP) is 2.21. The van der Waals surface area contributed by atoms with Gasteiger partial charge in [-0.2, -0.15) is 0 Å². The monoisotopic (exact) mass is 241 g/mol. The fourth-order valence-corrected chi connectivity index (χ4v) is 1.47. The van der Waals surface area contributed by atoms with Crippen LogP contribution in [0.15, 0.2) is 18.3 Å². The lowest BCUT2D eigenvalue weighted by molar-refractivity contribution is 0.498. The molecule has 0 saturated carbocycles. The average Bonchev–Trinajstić information content (AvgIpc) is 2.29. The molecule has 0 amide bonds. The molecule has 1 unspecified atom stereocenters. The number of aromatic nitrogens is 1. The molecule has 0 saturated heterocycles. The number of nitrogens with zero attached hydrogens (tertiary/aromatic N) is 1. The number of halogens is 1. The molecule has 4 heteroatoms. The van der Waals surface area contributed by atoms with Crippen molar-refractivity contribution in [3.63, 3.8) is 0 Å². The molecule has 90 valence electrons. The summed E-state index contributed by atoms with van der Waals surface area (Å²) in [5.74, 6) is 0. The predicted molar refractivity (Wildman–Crippen MR) is 68.7 cm³/mol. The maximum absolute atomic E-state index is 5.77. The van der Waals surface area contributed by atoms with Gasteiger partial charge in [0, 0.05) is 25.3 Å². The molecule has 0 aliphatic rings. The quantitative estimate of drug-likeness (QED) is 0.719. The van der Waals surface area contributed by atoms with E-state index in [4.69, 9.17) is 11.6 Å². The van der Waals surface area contributed by atoms with Gasteiger partial charge in [0.2, 0.25) is 0 Å². The average molecular weight is 242 g/mol. The van der Waals surface area contributed by atoms with Crippen molar-refractivity contribution in [3.8, 4) is 0 Å².